The summed E-state index contributed by atoms with van der Waals surface area (Å²) in [5, 5.41) is 13.1. The van der Waals surface area contributed by atoms with Crippen molar-refractivity contribution in [2.24, 2.45) is 0 Å². The van der Waals surface area contributed by atoms with Crippen molar-refractivity contribution < 1.29 is 14.6 Å². The summed E-state index contributed by atoms with van der Waals surface area (Å²) in [7, 11) is 0. The van der Waals surface area contributed by atoms with Gasteiger partial charge in [-0.05, 0) is 23.1 Å². The van der Waals surface area contributed by atoms with E-state index in [9.17, 15) is 9.90 Å². The molecule has 0 saturated heterocycles. The quantitative estimate of drug-likeness (QED) is 0.770. The van der Waals surface area contributed by atoms with Crippen molar-refractivity contribution in [3.63, 3.8) is 0 Å². The van der Waals surface area contributed by atoms with Crippen LogP contribution in [-0.2, 0) is 22.6 Å². The van der Waals surface area contributed by atoms with Gasteiger partial charge in [-0.2, -0.15) is 0 Å². The summed E-state index contributed by atoms with van der Waals surface area (Å²) in [4.78, 5) is 12.1. The maximum atomic E-state index is 12.1. The molecule has 0 saturated carbocycles. The molecule has 0 radical (unpaired) electrons. The van der Waals surface area contributed by atoms with E-state index >= 15 is 0 Å². The number of aliphatic hydroxyl groups excluding tert-OH is 1. The fraction of sp³-hybridized carbons (Fsp3) is 0.350. The van der Waals surface area contributed by atoms with Crippen LogP contribution in [0.2, 0.25) is 0 Å². The normalized spacial score (nSPS) is 19.0. The van der Waals surface area contributed by atoms with Gasteiger partial charge >= 0.3 is 0 Å². The number of fused-ring (bicyclic) bond motifs is 1. The number of benzene rings is 2. The van der Waals surface area contributed by atoms with E-state index in [0.717, 1.165) is 16.7 Å². The van der Waals surface area contributed by atoms with Gasteiger partial charge in [0.05, 0.1) is 18.8 Å². The summed E-state index contributed by atoms with van der Waals surface area (Å²) in [6.07, 6.45) is 1.13. The molecular formula is C20H23NO3. The molecule has 0 spiro atoms. The van der Waals surface area contributed by atoms with E-state index in [0.29, 0.717) is 32.5 Å². The summed E-state index contributed by atoms with van der Waals surface area (Å²) in [6, 6.07) is 17.6. The van der Waals surface area contributed by atoms with Gasteiger partial charge < -0.3 is 15.2 Å². The minimum absolute atomic E-state index is 0.0425. The van der Waals surface area contributed by atoms with Crippen LogP contribution >= 0.6 is 0 Å². The Morgan fingerprint density at radius 1 is 1.12 bits per heavy atom. The summed E-state index contributed by atoms with van der Waals surface area (Å²) >= 11 is 0. The first-order valence-corrected chi connectivity index (χ1v) is 8.41. The van der Waals surface area contributed by atoms with Gasteiger partial charge in [-0.1, -0.05) is 54.6 Å². The monoisotopic (exact) mass is 325 g/mol. The molecule has 1 amide bonds. The molecule has 0 bridgehead atoms. The van der Waals surface area contributed by atoms with Gasteiger partial charge in [0, 0.05) is 19.4 Å². The Morgan fingerprint density at radius 2 is 1.88 bits per heavy atom. The van der Waals surface area contributed by atoms with E-state index in [1.54, 1.807) is 0 Å². The molecule has 0 fully saturated rings. The molecule has 0 aliphatic heterocycles. The Kier molecular flexibility index (Phi) is 5.62. The molecule has 2 N–H and O–H groups in total. The Balaban J connectivity index is 1.39. The molecule has 4 heteroatoms. The van der Waals surface area contributed by atoms with Crippen LogP contribution in [0.5, 0.6) is 0 Å². The standard InChI is InChI=1S/C20H23NO3/c22-18-13-16-9-4-5-10-17(16)20(18)21-19(23)11-6-12-24-14-15-7-2-1-3-8-15/h1-5,7-10,18,20,22H,6,11-14H2,(H,21,23)/t18-,20-/m0/s1. The average Bonchev–Trinajstić information content (AvgIpc) is 2.91. The zero-order valence-electron chi connectivity index (χ0n) is 13.7. The van der Waals surface area contributed by atoms with Gasteiger partial charge in [-0.15, -0.1) is 0 Å². The highest BCUT2D eigenvalue weighted by atomic mass is 16.5. The second kappa shape index (κ2) is 8.08. The molecule has 3 rings (SSSR count). The minimum atomic E-state index is -0.541. The highest BCUT2D eigenvalue weighted by Crippen LogP contribution is 2.31. The molecule has 0 aromatic heterocycles. The van der Waals surface area contributed by atoms with Gasteiger partial charge in [-0.25, -0.2) is 0 Å². The topological polar surface area (TPSA) is 58.6 Å². The van der Waals surface area contributed by atoms with Gasteiger partial charge in [0.25, 0.3) is 0 Å². The van der Waals surface area contributed by atoms with Crippen LogP contribution in [0.1, 0.15) is 35.6 Å². The molecule has 126 valence electrons. The van der Waals surface area contributed by atoms with E-state index in [4.69, 9.17) is 4.74 Å². The van der Waals surface area contributed by atoms with Gasteiger partial charge in [0.2, 0.25) is 5.91 Å². The first-order chi connectivity index (χ1) is 11.7. The lowest BCUT2D eigenvalue weighted by atomic mass is 10.1. The number of hydrogen-bond acceptors (Lipinski definition) is 3. The van der Waals surface area contributed by atoms with Crippen LogP contribution in [0, 0.1) is 0 Å². The molecule has 2 atom stereocenters. The fourth-order valence-electron chi connectivity index (χ4n) is 3.09. The summed E-state index contributed by atoms with van der Waals surface area (Å²) in [5.74, 6) is -0.0425. The third-order valence-corrected chi connectivity index (χ3v) is 4.32. The molecule has 1 aliphatic rings. The largest absolute Gasteiger partial charge is 0.390 e. The van der Waals surface area contributed by atoms with E-state index in [2.05, 4.69) is 5.32 Å². The summed E-state index contributed by atoms with van der Waals surface area (Å²) < 4.78 is 5.59. The van der Waals surface area contributed by atoms with Crippen molar-refractivity contribution in [3.8, 4) is 0 Å². The van der Waals surface area contributed by atoms with E-state index in [1.165, 1.54) is 0 Å². The second-order valence-electron chi connectivity index (χ2n) is 6.16. The zero-order chi connectivity index (χ0) is 16.8. The minimum Gasteiger partial charge on any atom is -0.390 e. The van der Waals surface area contributed by atoms with Crippen molar-refractivity contribution in [2.45, 2.75) is 38.0 Å². The molecular weight excluding hydrogens is 302 g/mol. The Hall–Kier alpha value is -2.17. The molecule has 0 unspecified atom stereocenters. The van der Waals surface area contributed by atoms with Crippen LogP contribution in [-0.4, -0.2) is 23.7 Å². The lowest BCUT2D eigenvalue weighted by Crippen LogP contribution is -2.33. The van der Waals surface area contributed by atoms with Crippen molar-refractivity contribution >= 4 is 5.91 Å². The fourth-order valence-corrected chi connectivity index (χ4v) is 3.09. The average molecular weight is 325 g/mol. The van der Waals surface area contributed by atoms with Crippen LogP contribution in [0.4, 0.5) is 0 Å². The molecule has 2 aromatic carbocycles. The second-order valence-corrected chi connectivity index (χ2v) is 6.16. The third kappa shape index (κ3) is 4.22. The van der Waals surface area contributed by atoms with Crippen LogP contribution in [0.15, 0.2) is 54.6 Å². The number of aliphatic hydroxyl groups is 1. The number of carbonyl (C=O) groups excluding carboxylic acids is 1. The van der Waals surface area contributed by atoms with Gasteiger partial charge in [0.15, 0.2) is 0 Å². The lowest BCUT2D eigenvalue weighted by Gasteiger charge is -2.18. The molecule has 2 aromatic rings. The van der Waals surface area contributed by atoms with Crippen molar-refractivity contribution in [1.82, 2.24) is 5.32 Å². The molecule has 24 heavy (non-hydrogen) atoms. The van der Waals surface area contributed by atoms with E-state index in [-0.39, 0.29) is 11.9 Å². The predicted octanol–water partition coefficient (Wildman–Crippen LogP) is 2.76. The first kappa shape index (κ1) is 16.7. The lowest BCUT2D eigenvalue weighted by molar-refractivity contribution is -0.123. The predicted molar refractivity (Wildman–Crippen MR) is 92.4 cm³/mol. The highest BCUT2D eigenvalue weighted by Gasteiger charge is 2.31. The Morgan fingerprint density at radius 3 is 2.71 bits per heavy atom. The maximum Gasteiger partial charge on any atom is 0.220 e. The number of rotatable bonds is 7. The SMILES string of the molecule is O=C(CCCOCc1ccccc1)N[C@H]1c2ccccc2C[C@@H]1O. The smallest absolute Gasteiger partial charge is 0.220 e. The zero-order valence-corrected chi connectivity index (χ0v) is 13.7. The van der Waals surface area contributed by atoms with Crippen molar-refractivity contribution in [2.75, 3.05) is 6.61 Å². The van der Waals surface area contributed by atoms with Crippen LogP contribution < -0.4 is 5.32 Å². The molecule has 4 nitrogen and oxygen atoms in total. The molecule has 0 heterocycles. The van der Waals surface area contributed by atoms with Crippen molar-refractivity contribution in [1.29, 1.82) is 0 Å². The van der Waals surface area contributed by atoms with Gasteiger partial charge in [-0.3, -0.25) is 4.79 Å². The number of hydrogen-bond donors (Lipinski definition) is 2. The Bertz CT molecular complexity index is 672. The number of carbonyl (C=O) groups is 1. The summed E-state index contributed by atoms with van der Waals surface area (Å²) in [6.45, 7) is 1.11. The van der Waals surface area contributed by atoms with E-state index in [1.807, 2.05) is 54.6 Å². The Labute approximate surface area is 142 Å². The maximum absolute atomic E-state index is 12.1. The third-order valence-electron chi connectivity index (χ3n) is 4.32. The number of nitrogens with one attached hydrogen (secondary N) is 1. The number of amides is 1. The van der Waals surface area contributed by atoms with Crippen LogP contribution in [0.25, 0.3) is 0 Å². The van der Waals surface area contributed by atoms with Crippen LogP contribution in [0.3, 0.4) is 0 Å². The highest BCUT2D eigenvalue weighted by molar-refractivity contribution is 5.76. The van der Waals surface area contributed by atoms with E-state index < -0.39 is 6.10 Å². The number of ether oxygens (including phenoxy) is 1. The molecule has 1 aliphatic carbocycles. The first-order valence-electron chi connectivity index (χ1n) is 8.41. The van der Waals surface area contributed by atoms with Crippen molar-refractivity contribution in [3.05, 3.63) is 71.3 Å². The van der Waals surface area contributed by atoms with Gasteiger partial charge in [0.1, 0.15) is 0 Å². The summed E-state index contributed by atoms with van der Waals surface area (Å²) in [5.41, 5.74) is 3.27.